The summed E-state index contributed by atoms with van der Waals surface area (Å²) in [4.78, 5) is 7.63. The molecule has 0 atom stereocenters. The molecule has 0 saturated heterocycles. The Balaban J connectivity index is 1.25. The zero-order chi connectivity index (χ0) is 32.3. The smallest absolute Gasteiger partial charge is 0.137 e. The Morgan fingerprint density at radius 1 is 0.469 bits per heavy atom. The molecule has 0 aliphatic rings. The van der Waals surface area contributed by atoms with Gasteiger partial charge < -0.3 is 9.32 Å². The van der Waals surface area contributed by atoms with Crippen LogP contribution in [0.5, 0.6) is 0 Å². The molecular formula is C45H28N2OS. The highest BCUT2D eigenvalue weighted by Crippen LogP contribution is 2.44. The first-order chi connectivity index (χ1) is 24.3. The van der Waals surface area contributed by atoms with Gasteiger partial charge in [0.1, 0.15) is 16.2 Å². The number of rotatable bonds is 5. The molecule has 0 spiro atoms. The van der Waals surface area contributed by atoms with Crippen LogP contribution in [0.2, 0.25) is 0 Å². The van der Waals surface area contributed by atoms with Gasteiger partial charge in [-0.15, -0.1) is 11.3 Å². The number of para-hydroxylation sites is 2. The number of furan rings is 1. The van der Waals surface area contributed by atoms with Crippen LogP contribution in [-0.4, -0.2) is 4.98 Å². The van der Waals surface area contributed by atoms with E-state index in [9.17, 15) is 0 Å². The maximum Gasteiger partial charge on any atom is 0.137 e. The van der Waals surface area contributed by atoms with E-state index in [1.54, 1.807) is 11.3 Å². The van der Waals surface area contributed by atoms with E-state index in [2.05, 4.69) is 163 Å². The highest BCUT2D eigenvalue weighted by molar-refractivity contribution is 7.21. The predicted molar refractivity (Wildman–Crippen MR) is 207 cm³/mol. The number of hydrogen-bond acceptors (Lipinski definition) is 4. The van der Waals surface area contributed by atoms with Crippen molar-refractivity contribution in [2.24, 2.45) is 0 Å². The lowest BCUT2D eigenvalue weighted by molar-refractivity contribution is 0.669. The summed E-state index contributed by atoms with van der Waals surface area (Å²) in [5.74, 6) is 0. The Kier molecular flexibility index (Phi) is 6.36. The number of nitrogens with zero attached hydrogens (tertiary/aromatic N) is 2. The van der Waals surface area contributed by atoms with Crippen molar-refractivity contribution in [2.75, 3.05) is 4.90 Å². The first kappa shape index (κ1) is 27.8. The van der Waals surface area contributed by atoms with Crippen LogP contribution in [0.4, 0.5) is 17.1 Å². The van der Waals surface area contributed by atoms with Crippen LogP contribution in [0, 0.1) is 0 Å². The molecule has 3 nitrogen and oxygen atoms in total. The standard InChI is InChI=1S/C45H28N2OS/c1-4-12-29(13-5-1)38-26-31-20-25-42-44(46-45(49-42)30-14-6-2-7-15-30)43(31)39-27-33(21-23-35(38)39)47(32-16-8-3-9-17-32)34-22-24-37-36-18-10-11-19-40(36)48-41(37)28-34/h1-28H. The lowest BCUT2D eigenvalue weighted by Gasteiger charge is -2.26. The van der Waals surface area contributed by atoms with Crippen molar-refractivity contribution < 1.29 is 4.42 Å². The lowest BCUT2D eigenvalue weighted by atomic mass is 9.92. The number of benzene rings is 8. The van der Waals surface area contributed by atoms with E-state index in [0.717, 1.165) is 55.1 Å². The molecule has 10 rings (SSSR count). The fourth-order valence-corrected chi connectivity index (χ4v) is 8.18. The lowest BCUT2D eigenvalue weighted by Crippen LogP contribution is -2.09. The van der Waals surface area contributed by atoms with Crippen LogP contribution >= 0.6 is 11.3 Å². The molecule has 0 aliphatic heterocycles. The Labute approximate surface area is 286 Å². The van der Waals surface area contributed by atoms with E-state index in [-0.39, 0.29) is 0 Å². The summed E-state index contributed by atoms with van der Waals surface area (Å²) in [6.07, 6.45) is 0. The number of hydrogen-bond donors (Lipinski definition) is 0. The highest BCUT2D eigenvalue weighted by Gasteiger charge is 2.19. The minimum atomic E-state index is 0.870. The summed E-state index contributed by atoms with van der Waals surface area (Å²) in [7, 11) is 0. The molecule has 4 heteroatoms. The molecular weight excluding hydrogens is 617 g/mol. The highest BCUT2D eigenvalue weighted by atomic mass is 32.1. The van der Waals surface area contributed by atoms with Gasteiger partial charge in [0, 0.05) is 44.9 Å². The maximum atomic E-state index is 6.36. The Morgan fingerprint density at radius 2 is 1.12 bits per heavy atom. The van der Waals surface area contributed by atoms with E-state index >= 15 is 0 Å². The van der Waals surface area contributed by atoms with Gasteiger partial charge in [0.15, 0.2) is 0 Å². The first-order valence-corrected chi connectivity index (χ1v) is 17.3. The molecule has 0 fully saturated rings. The molecule has 0 radical (unpaired) electrons. The summed E-state index contributed by atoms with van der Waals surface area (Å²) in [5.41, 5.74) is 9.52. The van der Waals surface area contributed by atoms with Crippen LogP contribution in [-0.2, 0) is 0 Å². The van der Waals surface area contributed by atoms with E-state index in [1.165, 1.54) is 37.4 Å². The third kappa shape index (κ3) is 4.61. The third-order valence-electron chi connectivity index (χ3n) is 9.45. The molecule has 49 heavy (non-hydrogen) atoms. The number of aromatic nitrogens is 1. The molecule has 0 bridgehead atoms. The van der Waals surface area contributed by atoms with E-state index < -0.39 is 0 Å². The predicted octanol–water partition coefficient (Wildman–Crippen LogP) is 13.3. The summed E-state index contributed by atoms with van der Waals surface area (Å²) in [6, 6.07) is 60.2. The van der Waals surface area contributed by atoms with Gasteiger partial charge >= 0.3 is 0 Å². The van der Waals surface area contributed by atoms with Crippen LogP contribution in [0.25, 0.3) is 75.4 Å². The van der Waals surface area contributed by atoms with Crippen molar-refractivity contribution in [1.82, 2.24) is 4.98 Å². The number of anilines is 3. The van der Waals surface area contributed by atoms with Gasteiger partial charge in [-0.05, 0) is 81.9 Å². The number of thiazole rings is 1. The fraction of sp³-hybridized carbons (Fsp3) is 0. The largest absolute Gasteiger partial charge is 0.456 e. The summed E-state index contributed by atoms with van der Waals surface area (Å²) in [6.45, 7) is 0. The molecule has 0 unspecified atom stereocenters. The van der Waals surface area contributed by atoms with Crippen molar-refractivity contribution in [1.29, 1.82) is 0 Å². The van der Waals surface area contributed by atoms with Crippen molar-refractivity contribution in [3.63, 3.8) is 0 Å². The molecule has 10 aromatic rings. The molecule has 2 heterocycles. The van der Waals surface area contributed by atoms with Gasteiger partial charge in [0.25, 0.3) is 0 Å². The Morgan fingerprint density at radius 3 is 1.92 bits per heavy atom. The SMILES string of the molecule is c1ccc(-c2nc3c(ccc4cc(-c5ccccc5)c5ccc(N(c6ccccc6)c6ccc7c(c6)oc6ccccc67)cc5c43)s2)cc1. The maximum absolute atomic E-state index is 6.36. The molecule has 0 aliphatic carbocycles. The molecule has 0 N–H and O–H groups in total. The summed E-state index contributed by atoms with van der Waals surface area (Å²) >= 11 is 1.75. The minimum Gasteiger partial charge on any atom is -0.456 e. The normalized spacial score (nSPS) is 11.7. The second-order valence-corrected chi connectivity index (χ2v) is 13.4. The summed E-state index contributed by atoms with van der Waals surface area (Å²) in [5, 5.41) is 8.00. The Hall–Kier alpha value is -6.23. The van der Waals surface area contributed by atoms with Crippen LogP contribution in [0.1, 0.15) is 0 Å². The molecule has 0 saturated carbocycles. The second-order valence-electron chi connectivity index (χ2n) is 12.4. The topological polar surface area (TPSA) is 29.3 Å². The van der Waals surface area contributed by atoms with Crippen LogP contribution in [0.3, 0.4) is 0 Å². The van der Waals surface area contributed by atoms with Crippen LogP contribution in [0.15, 0.2) is 174 Å². The third-order valence-corrected chi connectivity index (χ3v) is 10.5. The van der Waals surface area contributed by atoms with E-state index in [1.807, 2.05) is 12.1 Å². The molecule has 8 aromatic carbocycles. The zero-order valence-electron chi connectivity index (χ0n) is 26.4. The van der Waals surface area contributed by atoms with Gasteiger partial charge in [-0.25, -0.2) is 4.98 Å². The zero-order valence-corrected chi connectivity index (χ0v) is 27.2. The monoisotopic (exact) mass is 644 g/mol. The fourth-order valence-electron chi connectivity index (χ4n) is 7.20. The molecule has 2 aromatic heterocycles. The quantitative estimate of drug-likeness (QED) is 0.175. The number of fused-ring (bicyclic) bond motifs is 8. The van der Waals surface area contributed by atoms with Crippen molar-refractivity contribution in [2.45, 2.75) is 0 Å². The first-order valence-electron chi connectivity index (χ1n) is 16.5. The summed E-state index contributed by atoms with van der Waals surface area (Å²) < 4.78 is 7.54. The van der Waals surface area contributed by atoms with E-state index in [4.69, 9.17) is 9.40 Å². The van der Waals surface area contributed by atoms with Gasteiger partial charge in [-0.3, -0.25) is 0 Å². The van der Waals surface area contributed by atoms with Gasteiger partial charge in [0.05, 0.1) is 10.2 Å². The van der Waals surface area contributed by atoms with Crippen molar-refractivity contribution in [3.05, 3.63) is 170 Å². The van der Waals surface area contributed by atoms with E-state index in [0.29, 0.717) is 0 Å². The van der Waals surface area contributed by atoms with Crippen molar-refractivity contribution in [3.8, 4) is 21.7 Å². The average Bonchev–Trinajstić information content (AvgIpc) is 3.77. The minimum absolute atomic E-state index is 0.870. The van der Waals surface area contributed by atoms with Gasteiger partial charge in [-0.2, -0.15) is 0 Å². The molecule has 230 valence electrons. The van der Waals surface area contributed by atoms with Crippen LogP contribution < -0.4 is 4.90 Å². The van der Waals surface area contributed by atoms with Gasteiger partial charge in [0.2, 0.25) is 0 Å². The van der Waals surface area contributed by atoms with Gasteiger partial charge in [-0.1, -0.05) is 109 Å². The Bertz CT molecular complexity index is 2820. The molecule has 0 amide bonds. The second kappa shape index (κ2) is 11.2. The van der Waals surface area contributed by atoms with Crippen molar-refractivity contribution >= 4 is 82.1 Å². The average molecular weight is 645 g/mol.